The van der Waals surface area contributed by atoms with Gasteiger partial charge in [-0.15, -0.1) is 11.3 Å². The van der Waals surface area contributed by atoms with E-state index in [0.29, 0.717) is 5.01 Å². The monoisotopic (exact) mass is 491 g/mol. The molecule has 0 fully saturated rings. The number of amides is 2. The summed E-state index contributed by atoms with van der Waals surface area (Å²) >= 11 is 2.66. The van der Waals surface area contributed by atoms with Crippen LogP contribution in [0, 0.1) is 5.82 Å². The van der Waals surface area contributed by atoms with Crippen LogP contribution in [0.3, 0.4) is 0 Å². The molecule has 4 rings (SSSR count). The average Bonchev–Trinajstić information content (AvgIpc) is 3.46. The Morgan fingerprint density at radius 1 is 0.909 bits per heavy atom. The van der Waals surface area contributed by atoms with Crippen molar-refractivity contribution in [2.45, 2.75) is 6.18 Å². The maximum atomic E-state index is 13.7. The molecule has 0 aliphatic carbocycles. The highest BCUT2D eigenvalue weighted by Crippen LogP contribution is 2.37. The molecule has 0 radical (unpaired) electrons. The molecule has 5 nitrogen and oxygen atoms in total. The molecule has 2 amide bonds. The van der Waals surface area contributed by atoms with E-state index in [1.54, 1.807) is 0 Å². The van der Waals surface area contributed by atoms with Crippen LogP contribution in [0.4, 0.5) is 28.9 Å². The maximum absolute atomic E-state index is 13.7. The fourth-order valence-electron chi connectivity index (χ4n) is 2.85. The minimum absolute atomic E-state index is 0.0111. The van der Waals surface area contributed by atoms with Gasteiger partial charge in [0, 0.05) is 27.6 Å². The average molecular weight is 491 g/mol. The number of carbonyl (C=O) groups is 2. The molecular weight excluding hydrogens is 478 g/mol. The van der Waals surface area contributed by atoms with Crippen molar-refractivity contribution in [1.29, 1.82) is 0 Å². The van der Waals surface area contributed by atoms with Gasteiger partial charge in [0.15, 0.2) is 0 Å². The van der Waals surface area contributed by atoms with Gasteiger partial charge in [-0.25, -0.2) is 9.37 Å². The van der Waals surface area contributed by atoms with Crippen LogP contribution in [0.2, 0.25) is 0 Å². The molecule has 0 atom stereocenters. The number of alkyl halides is 3. The lowest BCUT2D eigenvalue weighted by Crippen LogP contribution is -2.18. The fourth-order valence-corrected chi connectivity index (χ4v) is 4.37. The lowest BCUT2D eigenvalue weighted by molar-refractivity contribution is -0.136. The second kappa shape index (κ2) is 9.12. The highest BCUT2D eigenvalue weighted by Gasteiger charge is 2.34. The van der Waals surface area contributed by atoms with Gasteiger partial charge >= 0.3 is 6.18 Å². The molecule has 2 heterocycles. The van der Waals surface area contributed by atoms with Crippen molar-refractivity contribution >= 4 is 45.9 Å². The number of carbonyl (C=O) groups excluding carboxylic acids is 2. The molecule has 0 bridgehead atoms. The predicted octanol–water partition coefficient (Wildman–Crippen LogP) is 6.53. The van der Waals surface area contributed by atoms with Gasteiger partial charge in [0.25, 0.3) is 11.8 Å². The number of anilines is 2. The van der Waals surface area contributed by atoms with Crippen molar-refractivity contribution < 1.29 is 27.2 Å². The van der Waals surface area contributed by atoms with Crippen LogP contribution in [0.1, 0.15) is 26.4 Å². The zero-order chi connectivity index (χ0) is 23.6. The van der Waals surface area contributed by atoms with Crippen molar-refractivity contribution in [3.05, 3.63) is 87.3 Å². The van der Waals surface area contributed by atoms with Gasteiger partial charge in [0.1, 0.15) is 16.5 Å². The molecule has 168 valence electrons. The Morgan fingerprint density at radius 3 is 2.33 bits per heavy atom. The summed E-state index contributed by atoms with van der Waals surface area (Å²) < 4.78 is 54.0. The molecule has 2 N–H and O–H groups in total. The molecular formula is C22H13F4N3O2S2. The van der Waals surface area contributed by atoms with Crippen molar-refractivity contribution in [3.8, 4) is 10.6 Å². The van der Waals surface area contributed by atoms with Gasteiger partial charge in [0.2, 0.25) is 0 Å². The topological polar surface area (TPSA) is 71.1 Å². The summed E-state index contributed by atoms with van der Waals surface area (Å²) in [6.45, 7) is 0. The molecule has 0 saturated heterocycles. The minimum atomic E-state index is -4.80. The van der Waals surface area contributed by atoms with E-state index in [9.17, 15) is 27.2 Å². The summed E-state index contributed by atoms with van der Waals surface area (Å²) in [5.41, 5.74) is -0.863. The quantitative estimate of drug-likeness (QED) is 0.312. The van der Waals surface area contributed by atoms with E-state index in [0.717, 1.165) is 29.8 Å². The van der Waals surface area contributed by atoms with E-state index >= 15 is 0 Å². The first kappa shape index (κ1) is 22.6. The third kappa shape index (κ3) is 5.26. The van der Waals surface area contributed by atoms with Crippen molar-refractivity contribution in [1.82, 2.24) is 4.98 Å². The highest BCUT2D eigenvalue weighted by molar-refractivity contribution is 7.14. The number of hydrogen-bond donors (Lipinski definition) is 2. The largest absolute Gasteiger partial charge is 0.418 e. The molecule has 0 spiro atoms. The number of thiophene rings is 1. The number of nitrogens with one attached hydrogen (secondary N) is 2. The number of hydrogen-bond acceptors (Lipinski definition) is 5. The van der Waals surface area contributed by atoms with Crippen LogP contribution in [-0.2, 0) is 6.18 Å². The van der Waals surface area contributed by atoms with E-state index in [4.69, 9.17) is 0 Å². The first-order valence-corrected chi connectivity index (χ1v) is 11.1. The SMILES string of the molecule is O=C(Nc1ccc(NC(=O)c2csc(-c3ccsc3)n2)c(C(F)(F)F)c1)c1ccc(F)cc1. The Bertz CT molecular complexity index is 1300. The van der Waals surface area contributed by atoms with Gasteiger partial charge < -0.3 is 10.6 Å². The second-order valence-corrected chi connectivity index (χ2v) is 8.36. The highest BCUT2D eigenvalue weighted by atomic mass is 32.1. The van der Waals surface area contributed by atoms with Gasteiger partial charge in [0.05, 0.1) is 11.3 Å². The van der Waals surface area contributed by atoms with E-state index < -0.39 is 35.1 Å². The summed E-state index contributed by atoms with van der Waals surface area (Å²) in [6.07, 6.45) is -4.80. The van der Waals surface area contributed by atoms with Crippen LogP contribution >= 0.6 is 22.7 Å². The molecule has 11 heteroatoms. The van der Waals surface area contributed by atoms with Crippen LogP contribution in [0.5, 0.6) is 0 Å². The Hall–Kier alpha value is -3.57. The van der Waals surface area contributed by atoms with Gasteiger partial charge in [-0.2, -0.15) is 24.5 Å². The lowest BCUT2D eigenvalue weighted by Gasteiger charge is -2.15. The van der Waals surface area contributed by atoms with Gasteiger partial charge in [-0.1, -0.05) is 0 Å². The number of benzene rings is 2. The van der Waals surface area contributed by atoms with Gasteiger partial charge in [-0.05, 0) is 53.9 Å². The molecule has 0 unspecified atom stereocenters. The van der Waals surface area contributed by atoms with Gasteiger partial charge in [-0.3, -0.25) is 9.59 Å². The smallest absolute Gasteiger partial charge is 0.322 e. The number of aromatic nitrogens is 1. The fraction of sp³-hybridized carbons (Fsp3) is 0.0455. The summed E-state index contributed by atoms with van der Waals surface area (Å²) in [7, 11) is 0. The third-order valence-electron chi connectivity index (χ3n) is 4.44. The molecule has 33 heavy (non-hydrogen) atoms. The molecule has 2 aromatic heterocycles. The van der Waals surface area contributed by atoms with Crippen LogP contribution in [-0.4, -0.2) is 16.8 Å². The molecule has 0 aliphatic rings. The summed E-state index contributed by atoms with van der Waals surface area (Å²) in [6, 6.07) is 9.37. The Kier molecular flexibility index (Phi) is 6.25. The Balaban J connectivity index is 1.55. The number of rotatable bonds is 5. The van der Waals surface area contributed by atoms with E-state index in [1.165, 1.54) is 46.3 Å². The Labute approximate surface area is 192 Å². The van der Waals surface area contributed by atoms with Crippen LogP contribution in [0.25, 0.3) is 10.6 Å². The summed E-state index contributed by atoms with van der Waals surface area (Å²) in [5.74, 6) is -2.04. The van der Waals surface area contributed by atoms with E-state index in [2.05, 4.69) is 15.6 Å². The zero-order valence-electron chi connectivity index (χ0n) is 16.4. The number of halogens is 4. The standard InChI is InChI=1S/C22H13F4N3O2S2/c23-14-3-1-12(2-4-14)19(30)27-15-5-6-17(16(9-15)22(24,25)26)28-20(31)18-11-33-21(29-18)13-7-8-32-10-13/h1-11H,(H,27,30)(H,28,31). The van der Waals surface area contributed by atoms with Crippen molar-refractivity contribution in [2.75, 3.05) is 10.6 Å². The first-order chi connectivity index (χ1) is 15.7. The van der Waals surface area contributed by atoms with Crippen LogP contribution < -0.4 is 10.6 Å². The Morgan fingerprint density at radius 2 is 1.67 bits per heavy atom. The molecule has 0 aliphatic heterocycles. The third-order valence-corrected chi connectivity index (χ3v) is 6.02. The van der Waals surface area contributed by atoms with E-state index in [-0.39, 0.29) is 16.9 Å². The minimum Gasteiger partial charge on any atom is -0.322 e. The number of thiazole rings is 1. The summed E-state index contributed by atoms with van der Waals surface area (Å²) in [5, 5.41) is 10.3. The zero-order valence-corrected chi connectivity index (χ0v) is 18.1. The van der Waals surface area contributed by atoms with Crippen LogP contribution in [0.15, 0.2) is 64.7 Å². The van der Waals surface area contributed by atoms with Crippen molar-refractivity contribution in [2.24, 2.45) is 0 Å². The lowest BCUT2D eigenvalue weighted by atomic mass is 10.1. The predicted molar refractivity (Wildman–Crippen MR) is 119 cm³/mol. The first-order valence-electron chi connectivity index (χ1n) is 9.28. The molecule has 2 aromatic carbocycles. The molecule has 0 saturated carbocycles. The second-order valence-electron chi connectivity index (χ2n) is 6.72. The summed E-state index contributed by atoms with van der Waals surface area (Å²) in [4.78, 5) is 28.9. The number of nitrogens with zero attached hydrogens (tertiary/aromatic N) is 1. The van der Waals surface area contributed by atoms with Crippen molar-refractivity contribution in [3.63, 3.8) is 0 Å². The normalized spacial score (nSPS) is 11.3. The van der Waals surface area contributed by atoms with E-state index in [1.807, 2.05) is 16.8 Å². The molecule has 4 aromatic rings. The maximum Gasteiger partial charge on any atom is 0.418 e.